The molecule has 2 aromatic rings. The number of hydrogen-bond acceptors (Lipinski definition) is 1. The van der Waals surface area contributed by atoms with Gasteiger partial charge < -0.3 is 4.74 Å². The van der Waals surface area contributed by atoms with Gasteiger partial charge in [-0.1, -0.05) is 71.0 Å². The minimum atomic E-state index is -0.190. The molecule has 0 amide bonds. The van der Waals surface area contributed by atoms with Crippen LogP contribution in [0.1, 0.15) is 58.8 Å². The summed E-state index contributed by atoms with van der Waals surface area (Å²) in [5.41, 5.74) is 3.85. The van der Waals surface area contributed by atoms with Crippen LogP contribution in [0.4, 0.5) is 4.39 Å². The molecule has 0 heterocycles. The zero-order valence-electron chi connectivity index (χ0n) is 16.4. The van der Waals surface area contributed by atoms with E-state index in [4.69, 9.17) is 4.74 Å². The predicted octanol–water partition coefficient (Wildman–Crippen LogP) is 6.81. The van der Waals surface area contributed by atoms with Crippen LogP contribution in [-0.4, -0.2) is 6.61 Å². The average Bonchev–Trinajstić information content (AvgIpc) is 2.52. The van der Waals surface area contributed by atoms with E-state index >= 15 is 0 Å². The van der Waals surface area contributed by atoms with Gasteiger partial charge >= 0.3 is 0 Å². The Balaban J connectivity index is 2.64. The third-order valence-corrected chi connectivity index (χ3v) is 4.33. The highest BCUT2D eigenvalue weighted by molar-refractivity contribution is 5.69. The van der Waals surface area contributed by atoms with Gasteiger partial charge in [-0.15, -0.1) is 0 Å². The van der Waals surface area contributed by atoms with Crippen molar-refractivity contribution in [2.75, 3.05) is 6.61 Å². The molecule has 0 aliphatic rings. The van der Waals surface area contributed by atoms with Crippen molar-refractivity contribution in [1.29, 1.82) is 0 Å². The highest BCUT2D eigenvalue weighted by Crippen LogP contribution is 2.41. The van der Waals surface area contributed by atoms with E-state index in [0.717, 1.165) is 17.5 Å². The van der Waals surface area contributed by atoms with E-state index < -0.39 is 0 Å². The van der Waals surface area contributed by atoms with E-state index in [2.05, 4.69) is 52.8 Å². The highest BCUT2D eigenvalue weighted by atomic mass is 19.1. The van der Waals surface area contributed by atoms with Gasteiger partial charge in [-0.3, -0.25) is 0 Å². The molecule has 25 heavy (non-hydrogen) atoms. The first kappa shape index (κ1) is 19.7. The summed E-state index contributed by atoms with van der Waals surface area (Å²) in [4.78, 5) is 0. The molecule has 0 saturated heterocycles. The number of halogens is 1. The molecule has 0 aliphatic carbocycles. The van der Waals surface area contributed by atoms with Gasteiger partial charge in [0.05, 0.1) is 6.10 Å². The van der Waals surface area contributed by atoms with Crippen LogP contribution in [0.3, 0.4) is 0 Å². The molecular formula is C23H31FO. The number of ether oxygens (including phenoxy) is 1. The lowest BCUT2D eigenvalue weighted by Crippen LogP contribution is -2.22. The smallest absolute Gasteiger partial charge is 0.131 e. The van der Waals surface area contributed by atoms with Crippen molar-refractivity contribution < 1.29 is 9.13 Å². The van der Waals surface area contributed by atoms with Gasteiger partial charge in [-0.2, -0.15) is 0 Å². The molecule has 1 nitrogen and oxygen atoms in total. The van der Waals surface area contributed by atoms with Crippen LogP contribution in [0.2, 0.25) is 0 Å². The van der Waals surface area contributed by atoms with Crippen LogP contribution < -0.4 is 0 Å². The Morgan fingerprint density at radius 2 is 1.68 bits per heavy atom. The van der Waals surface area contributed by atoms with Gasteiger partial charge in [0.25, 0.3) is 0 Å². The standard InChI is InChI=1S/C23H31FO/c1-7-25-22(23(4,5)6)20-15-17(14-16(2)3)12-13-18(20)19-10-8-9-11-21(19)24/h8-13,15-16,22H,7,14H2,1-6H3/t22-/m0/s1. The maximum atomic E-state index is 14.5. The molecule has 2 aromatic carbocycles. The van der Waals surface area contributed by atoms with E-state index in [-0.39, 0.29) is 17.3 Å². The summed E-state index contributed by atoms with van der Waals surface area (Å²) < 4.78 is 20.6. The number of hydrogen-bond donors (Lipinski definition) is 0. The van der Waals surface area contributed by atoms with Crippen LogP contribution in [0.5, 0.6) is 0 Å². The summed E-state index contributed by atoms with van der Waals surface area (Å²) in [7, 11) is 0. The van der Waals surface area contributed by atoms with Crippen molar-refractivity contribution in [2.45, 2.75) is 54.1 Å². The predicted molar refractivity (Wildman–Crippen MR) is 104 cm³/mol. The lowest BCUT2D eigenvalue weighted by Gasteiger charge is -2.33. The van der Waals surface area contributed by atoms with Crippen molar-refractivity contribution in [1.82, 2.24) is 0 Å². The molecule has 0 unspecified atom stereocenters. The molecule has 0 aromatic heterocycles. The largest absolute Gasteiger partial charge is 0.373 e. The van der Waals surface area contributed by atoms with Crippen molar-refractivity contribution in [3.05, 3.63) is 59.4 Å². The summed E-state index contributed by atoms with van der Waals surface area (Å²) in [6.07, 6.45) is 0.923. The van der Waals surface area contributed by atoms with Gasteiger partial charge in [-0.25, -0.2) is 4.39 Å². The minimum absolute atomic E-state index is 0.0769. The fourth-order valence-electron chi connectivity index (χ4n) is 3.33. The maximum Gasteiger partial charge on any atom is 0.131 e. The molecule has 2 rings (SSSR count). The molecule has 2 heteroatoms. The molecule has 0 N–H and O–H groups in total. The van der Waals surface area contributed by atoms with Crippen LogP contribution >= 0.6 is 0 Å². The molecule has 136 valence electrons. The Labute approximate surface area is 152 Å². The van der Waals surface area contributed by atoms with Gasteiger partial charge in [0.1, 0.15) is 5.82 Å². The quantitative estimate of drug-likeness (QED) is 0.560. The lowest BCUT2D eigenvalue weighted by atomic mass is 9.80. The maximum absolute atomic E-state index is 14.5. The zero-order chi connectivity index (χ0) is 18.6. The second-order valence-electron chi connectivity index (χ2n) is 8.20. The van der Waals surface area contributed by atoms with Gasteiger partial charge in [0, 0.05) is 12.2 Å². The average molecular weight is 342 g/mol. The van der Waals surface area contributed by atoms with Gasteiger partial charge in [0.15, 0.2) is 0 Å². The molecule has 0 saturated carbocycles. The molecule has 0 bridgehead atoms. The Morgan fingerprint density at radius 3 is 2.24 bits per heavy atom. The van der Waals surface area contributed by atoms with E-state index in [1.807, 2.05) is 19.1 Å². The summed E-state index contributed by atoms with van der Waals surface area (Å²) in [5, 5.41) is 0. The second-order valence-corrected chi connectivity index (χ2v) is 8.20. The monoisotopic (exact) mass is 342 g/mol. The Bertz CT molecular complexity index is 697. The lowest BCUT2D eigenvalue weighted by molar-refractivity contribution is -0.0129. The van der Waals surface area contributed by atoms with Crippen molar-refractivity contribution in [3.63, 3.8) is 0 Å². The topological polar surface area (TPSA) is 9.23 Å². The fourth-order valence-corrected chi connectivity index (χ4v) is 3.33. The van der Waals surface area contributed by atoms with Gasteiger partial charge in [-0.05, 0) is 47.4 Å². The van der Waals surface area contributed by atoms with Crippen molar-refractivity contribution in [3.8, 4) is 11.1 Å². The molecule has 0 radical (unpaired) electrons. The molecule has 0 fully saturated rings. The minimum Gasteiger partial charge on any atom is -0.373 e. The summed E-state index contributed by atoms with van der Waals surface area (Å²) in [6, 6.07) is 13.4. The molecule has 0 aliphatic heterocycles. The van der Waals surface area contributed by atoms with Crippen LogP contribution in [0.25, 0.3) is 11.1 Å². The highest BCUT2D eigenvalue weighted by Gasteiger charge is 2.29. The number of benzene rings is 2. The van der Waals surface area contributed by atoms with Crippen molar-refractivity contribution >= 4 is 0 Å². The van der Waals surface area contributed by atoms with E-state index in [0.29, 0.717) is 18.1 Å². The summed E-state index contributed by atoms with van der Waals surface area (Å²) in [6.45, 7) is 13.6. The zero-order valence-corrected chi connectivity index (χ0v) is 16.4. The normalized spacial score (nSPS) is 13.3. The Kier molecular flexibility index (Phi) is 6.40. The molecular weight excluding hydrogens is 311 g/mol. The first-order chi connectivity index (χ1) is 11.7. The van der Waals surface area contributed by atoms with Crippen molar-refractivity contribution in [2.24, 2.45) is 11.3 Å². The van der Waals surface area contributed by atoms with Gasteiger partial charge in [0.2, 0.25) is 0 Å². The summed E-state index contributed by atoms with van der Waals surface area (Å²) in [5.74, 6) is 0.386. The number of rotatable bonds is 6. The third-order valence-electron chi connectivity index (χ3n) is 4.33. The Hall–Kier alpha value is -1.67. The van der Waals surface area contributed by atoms with Crippen LogP contribution in [0, 0.1) is 17.2 Å². The van der Waals surface area contributed by atoms with E-state index in [9.17, 15) is 4.39 Å². The summed E-state index contributed by atoms with van der Waals surface area (Å²) >= 11 is 0. The Morgan fingerprint density at radius 1 is 1.00 bits per heavy atom. The van der Waals surface area contributed by atoms with Crippen LogP contribution in [-0.2, 0) is 11.2 Å². The first-order valence-corrected chi connectivity index (χ1v) is 9.23. The second kappa shape index (κ2) is 8.14. The van der Waals surface area contributed by atoms with E-state index in [1.54, 1.807) is 6.07 Å². The van der Waals surface area contributed by atoms with E-state index in [1.165, 1.54) is 11.6 Å². The SMILES string of the molecule is CCO[C@@H](c1cc(CC(C)C)ccc1-c1ccccc1F)C(C)(C)C. The third kappa shape index (κ3) is 4.92. The first-order valence-electron chi connectivity index (χ1n) is 9.23. The molecule has 1 atom stereocenters. The molecule has 0 spiro atoms. The fraction of sp³-hybridized carbons (Fsp3) is 0.478. The van der Waals surface area contributed by atoms with Crippen LogP contribution in [0.15, 0.2) is 42.5 Å².